The van der Waals surface area contributed by atoms with Crippen LogP contribution in [0.3, 0.4) is 0 Å². The normalized spacial score (nSPS) is 19.4. The Hall–Kier alpha value is -2.34. The van der Waals surface area contributed by atoms with Crippen molar-refractivity contribution in [3.05, 3.63) is 107 Å². The van der Waals surface area contributed by atoms with Crippen LogP contribution < -0.4 is 0 Å². The van der Waals surface area contributed by atoms with Crippen LogP contribution in [-0.4, -0.2) is 0 Å². The highest BCUT2D eigenvalue weighted by Crippen LogP contribution is 2.54. The van der Waals surface area contributed by atoms with Gasteiger partial charge in [0.15, 0.2) is 0 Å². The molecular formula is C28H30. The van der Waals surface area contributed by atoms with Crippen LogP contribution in [-0.2, 0) is 23.7 Å². The van der Waals surface area contributed by atoms with Crippen LogP contribution in [0.15, 0.2) is 84.9 Å². The van der Waals surface area contributed by atoms with E-state index in [0.717, 1.165) is 0 Å². The summed E-state index contributed by atoms with van der Waals surface area (Å²) in [5.41, 5.74) is 6.97. The van der Waals surface area contributed by atoms with Crippen LogP contribution in [0.2, 0.25) is 0 Å². The Kier molecular flexibility index (Phi) is 4.59. The molecule has 2 aliphatic rings. The molecule has 2 aliphatic carbocycles. The van der Waals surface area contributed by atoms with Crippen molar-refractivity contribution < 1.29 is 0 Å². The van der Waals surface area contributed by atoms with Gasteiger partial charge in [0.1, 0.15) is 0 Å². The molecule has 0 nitrogen and oxygen atoms in total. The van der Waals surface area contributed by atoms with E-state index in [9.17, 15) is 0 Å². The highest BCUT2D eigenvalue weighted by molar-refractivity contribution is 5.45. The number of rotatable bonds is 6. The highest BCUT2D eigenvalue weighted by Gasteiger charge is 2.46. The molecule has 3 aromatic rings. The average Bonchev–Trinajstić information content (AvgIpc) is 2.69. The van der Waals surface area contributed by atoms with E-state index in [1.54, 1.807) is 11.1 Å². The second-order valence-corrected chi connectivity index (χ2v) is 9.14. The fraction of sp³-hybridized carbons (Fsp3) is 0.357. The first-order valence-corrected chi connectivity index (χ1v) is 11.0. The Balaban J connectivity index is 1.53. The van der Waals surface area contributed by atoms with Gasteiger partial charge in [-0.15, -0.1) is 0 Å². The van der Waals surface area contributed by atoms with Crippen LogP contribution in [0, 0.1) is 0 Å². The van der Waals surface area contributed by atoms with E-state index in [-0.39, 0.29) is 0 Å². The quantitative estimate of drug-likeness (QED) is 0.440. The predicted molar refractivity (Wildman–Crippen MR) is 118 cm³/mol. The van der Waals surface area contributed by atoms with E-state index in [4.69, 9.17) is 0 Å². The van der Waals surface area contributed by atoms with E-state index in [2.05, 4.69) is 84.9 Å². The lowest BCUT2D eigenvalue weighted by Gasteiger charge is -2.50. The molecule has 0 saturated heterocycles. The maximum Gasteiger partial charge on any atom is -0.000370 e. The Morgan fingerprint density at radius 3 is 1.14 bits per heavy atom. The van der Waals surface area contributed by atoms with Crippen molar-refractivity contribution in [3.8, 4) is 0 Å². The van der Waals surface area contributed by atoms with E-state index in [1.165, 1.54) is 62.5 Å². The molecule has 5 rings (SSSR count). The maximum absolute atomic E-state index is 2.46. The lowest BCUT2D eigenvalue weighted by Crippen LogP contribution is -2.43. The minimum Gasteiger partial charge on any atom is -0.0622 e. The smallest absolute Gasteiger partial charge is 0.000370 e. The summed E-state index contributed by atoms with van der Waals surface area (Å²) in [6.07, 6.45) is 10.4. The number of hydrogen-bond donors (Lipinski definition) is 0. The van der Waals surface area contributed by atoms with Crippen molar-refractivity contribution in [3.63, 3.8) is 0 Å². The standard InChI is InChI=1S/C28H30/c1-3-11-23(12-4-1)21-27(17-9-18-27)25-15-7-8-16-26(25)28(19-10-20-28)22-24-13-5-2-6-14-24/h1-8,11-16H,9-10,17-22H2. The molecule has 0 amide bonds. The Bertz CT molecular complexity index is 836. The third kappa shape index (κ3) is 3.09. The van der Waals surface area contributed by atoms with Gasteiger partial charge in [0.25, 0.3) is 0 Å². The first-order valence-electron chi connectivity index (χ1n) is 11.0. The van der Waals surface area contributed by atoms with Crippen molar-refractivity contribution in [1.29, 1.82) is 0 Å². The maximum atomic E-state index is 2.46. The zero-order valence-electron chi connectivity index (χ0n) is 16.7. The fourth-order valence-electron chi connectivity index (χ4n) is 5.67. The van der Waals surface area contributed by atoms with Crippen LogP contribution in [0.5, 0.6) is 0 Å². The second-order valence-electron chi connectivity index (χ2n) is 9.14. The molecule has 3 aromatic carbocycles. The molecule has 0 atom stereocenters. The third-order valence-corrected chi connectivity index (χ3v) is 7.46. The Morgan fingerprint density at radius 1 is 0.464 bits per heavy atom. The van der Waals surface area contributed by atoms with Gasteiger partial charge in [0, 0.05) is 0 Å². The lowest BCUT2D eigenvalue weighted by atomic mass is 9.54. The number of benzene rings is 3. The molecule has 0 bridgehead atoms. The topological polar surface area (TPSA) is 0 Å². The van der Waals surface area contributed by atoms with Crippen molar-refractivity contribution >= 4 is 0 Å². The molecule has 2 fully saturated rings. The van der Waals surface area contributed by atoms with E-state index in [1.807, 2.05) is 0 Å². The largest absolute Gasteiger partial charge is 0.0622 e. The van der Waals surface area contributed by atoms with Gasteiger partial charge in [-0.25, -0.2) is 0 Å². The average molecular weight is 367 g/mol. The molecule has 0 heteroatoms. The molecule has 0 spiro atoms. The molecule has 0 radical (unpaired) electrons. The molecule has 0 aromatic heterocycles. The molecular weight excluding hydrogens is 336 g/mol. The number of hydrogen-bond acceptors (Lipinski definition) is 0. The molecule has 0 N–H and O–H groups in total. The van der Waals surface area contributed by atoms with Crippen LogP contribution >= 0.6 is 0 Å². The van der Waals surface area contributed by atoms with Gasteiger partial charge < -0.3 is 0 Å². The van der Waals surface area contributed by atoms with Gasteiger partial charge in [-0.05, 0) is 71.6 Å². The summed E-state index contributed by atoms with van der Waals surface area (Å²) in [7, 11) is 0. The monoisotopic (exact) mass is 366 g/mol. The fourth-order valence-corrected chi connectivity index (χ4v) is 5.67. The van der Waals surface area contributed by atoms with Gasteiger partial charge in [0.2, 0.25) is 0 Å². The van der Waals surface area contributed by atoms with Crippen LogP contribution in [0.4, 0.5) is 0 Å². The summed E-state index contributed by atoms with van der Waals surface area (Å²) in [6, 6.07) is 31.7. The molecule has 0 unspecified atom stereocenters. The predicted octanol–water partition coefficient (Wildman–Crippen LogP) is 7.02. The zero-order valence-corrected chi connectivity index (χ0v) is 16.7. The van der Waals surface area contributed by atoms with E-state index in [0.29, 0.717) is 10.8 Å². The minimum atomic E-state index is 0.344. The van der Waals surface area contributed by atoms with Gasteiger partial charge in [0.05, 0.1) is 0 Å². The zero-order chi connectivity index (χ0) is 18.9. The van der Waals surface area contributed by atoms with Crippen LogP contribution in [0.25, 0.3) is 0 Å². The Labute approximate surface area is 169 Å². The molecule has 142 valence electrons. The van der Waals surface area contributed by atoms with Crippen molar-refractivity contribution in [1.82, 2.24) is 0 Å². The summed E-state index contributed by atoms with van der Waals surface area (Å²) < 4.78 is 0. The van der Waals surface area contributed by atoms with Gasteiger partial charge >= 0.3 is 0 Å². The highest BCUT2D eigenvalue weighted by atomic mass is 14.5. The molecule has 0 heterocycles. The SMILES string of the molecule is c1ccc(CC2(c3ccccc3C3(Cc4ccccc4)CCC3)CCC2)cc1. The van der Waals surface area contributed by atoms with E-state index >= 15 is 0 Å². The van der Waals surface area contributed by atoms with Gasteiger partial charge in [-0.2, -0.15) is 0 Å². The second kappa shape index (κ2) is 7.24. The third-order valence-electron chi connectivity index (χ3n) is 7.46. The van der Waals surface area contributed by atoms with Crippen molar-refractivity contribution in [2.75, 3.05) is 0 Å². The van der Waals surface area contributed by atoms with Crippen molar-refractivity contribution in [2.24, 2.45) is 0 Å². The first-order chi connectivity index (χ1) is 13.8. The summed E-state index contributed by atoms with van der Waals surface area (Å²) in [5, 5.41) is 0. The molecule has 2 saturated carbocycles. The molecule has 0 aliphatic heterocycles. The summed E-state index contributed by atoms with van der Waals surface area (Å²) in [4.78, 5) is 0. The first kappa shape index (κ1) is 17.7. The Morgan fingerprint density at radius 2 is 0.821 bits per heavy atom. The minimum absolute atomic E-state index is 0.344. The molecule has 28 heavy (non-hydrogen) atoms. The lowest BCUT2D eigenvalue weighted by molar-refractivity contribution is 0.209. The summed E-state index contributed by atoms with van der Waals surface area (Å²) >= 11 is 0. The van der Waals surface area contributed by atoms with Crippen LogP contribution in [0.1, 0.15) is 60.8 Å². The summed E-state index contributed by atoms with van der Waals surface area (Å²) in [6.45, 7) is 0. The van der Waals surface area contributed by atoms with Crippen molar-refractivity contribution in [2.45, 2.75) is 62.2 Å². The van der Waals surface area contributed by atoms with E-state index < -0.39 is 0 Å². The van der Waals surface area contributed by atoms with Gasteiger partial charge in [-0.1, -0.05) is 97.8 Å². The summed E-state index contributed by atoms with van der Waals surface area (Å²) in [5.74, 6) is 0. The van der Waals surface area contributed by atoms with Gasteiger partial charge in [-0.3, -0.25) is 0 Å².